The molecule has 1 amide bonds. The summed E-state index contributed by atoms with van der Waals surface area (Å²) in [5.41, 5.74) is 0.276. The number of para-hydroxylation sites is 1. The largest absolute Gasteiger partial charge is 0.452 e. The van der Waals surface area contributed by atoms with E-state index in [2.05, 4.69) is 4.74 Å². The zero-order valence-corrected chi connectivity index (χ0v) is 16.7. The molecule has 0 unspecified atom stereocenters. The third-order valence-electron chi connectivity index (χ3n) is 3.81. The number of rotatable bonds is 8. The number of carbonyl (C=O) groups is 2. The van der Waals surface area contributed by atoms with Crippen LogP contribution in [0.15, 0.2) is 59.5 Å². The highest BCUT2D eigenvalue weighted by atomic mass is 32.2. The van der Waals surface area contributed by atoms with E-state index in [1.807, 2.05) is 0 Å². The minimum Gasteiger partial charge on any atom is -0.452 e. The molecule has 0 aliphatic carbocycles. The molecule has 0 aromatic heterocycles. The summed E-state index contributed by atoms with van der Waals surface area (Å²) in [4.78, 5) is 23.3. The number of ether oxygens (including phenoxy) is 1. The van der Waals surface area contributed by atoms with E-state index in [0.29, 0.717) is 5.69 Å². The van der Waals surface area contributed by atoms with Gasteiger partial charge in [-0.15, -0.1) is 0 Å². The molecule has 0 bridgehead atoms. The Balaban J connectivity index is 2.13. The molecule has 0 heterocycles. The van der Waals surface area contributed by atoms with E-state index in [-0.39, 0.29) is 17.0 Å². The summed E-state index contributed by atoms with van der Waals surface area (Å²) in [7, 11) is -4.00. The minimum absolute atomic E-state index is 0.139. The Kier molecular flexibility index (Phi) is 7.43. The molecular formula is C19H19F3N2O5S. The quantitative estimate of drug-likeness (QED) is 0.632. The lowest BCUT2D eigenvalue weighted by atomic mass is 10.2. The standard InChI is InChI=1S/C19H19F3N2O5S/c1-2-24(15-8-4-3-5-9-15)30(27,28)16-10-6-7-14(11-16)18(26)29-12-17(25)23-13-19(20,21)22/h3-11H,2,12-13H2,1H3,(H,23,25). The molecule has 0 aliphatic rings. The van der Waals surface area contributed by atoms with Crippen LogP contribution in [-0.4, -0.2) is 46.2 Å². The maximum atomic E-state index is 13.0. The smallest absolute Gasteiger partial charge is 0.405 e. The first-order valence-corrected chi connectivity index (χ1v) is 10.2. The summed E-state index contributed by atoms with van der Waals surface area (Å²) in [6.45, 7) is -0.691. The molecule has 30 heavy (non-hydrogen) atoms. The normalized spacial score (nSPS) is 11.6. The van der Waals surface area contributed by atoms with Crippen LogP contribution in [0.4, 0.5) is 18.9 Å². The van der Waals surface area contributed by atoms with Crippen molar-refractivity contribution in [2.24, 2.45) is 0 Å². The van der Waals surface area contributed by atoms with Crippen molar-refractivity contribution in [3.8, 4) is 0 Å². The third kappa shape index (κ3) is 6.21. The molecular weight excluding hydrogens is 425 g/mol. The van der Waals surface area contributed by atoms with Crippen molar-refractivity contribution in [3.05, 3.63) is 60.2 Å². The van der Waals surface area contributed by atoms with Gasteiger partial charge in [0.25, 0.3) is 15.9 Å². The number of amides is 1. The first kappa shape index (κ1) is 23.2. The molecule has 0 spiro atoms. The summed E-state index contributed by atoms with van der Waals surface area (Å²) in [5.74, 6) is -2.18. The summed E-state index contributed by atoms with van der Waals surface area (Å²) in [5, 5.41) is 1.56. The number of esters is 1. The van der Waals surface area contributed by atoms with Crippen molar-refractivity contribution in [3.63, 3.8) is 0 Å². The lowest BCUT2D eigenvalue weighted by Crippen LogP contribution is -2.36. The maximum Gasteiger partial charge on any atom is 0.405 e. The molecule has 1 N–H and O–H groups in total. The van der Waals surface area contributed by atoms with Gasteiger partial charge >= 0.3 is 12.1 Å². The molecule has 2 rings (SSSR count). The number of hydrogen-bond acceptors (Lipinski definition) is 5. The highest BCUT2D eigenvalue weighted by molar-refractivity contribution is 7.92. The second kappa shape index (κ2) is 9.61. The van der Waals surface area contributed by atoms with Gasteiger partial charge < -0.3 is 10.1 Å². The van der Waals surface area contributed by atoms with Crippen molar-refractivity contribution in [1.29, 1.82) is 0 Å². The Morgan fingerprint density at radius 1 is 1.07 bits per heavy atom. The Morgan fingerprint density at radius 3 is 2.33 bits per heavy atom. The first-order chi connectivity index (χ1) is 14.0. The van der Waals surface area contributed by atoms with Crippen LogP contribution in [-0.2, 0) is 19.6 Å². The Hall–Kier alpha value is -3.08. The van der Waals surface area contributed by atoms with Gasteiger partial charge in [-0.05, 0) is 37.3 Å². The maximum absolute atomic E-state index is 13.0. The molecule has 2 aromatic carbocycles. The van der Waals surface area contributed by atoms with Gasteiger partial charge in [0.1, 0.15) is 6.54 Å². The Morgan fingerprint density at radius 2 is 1.73 bits per heavy atom. The van der Waals surface area contributed by atoms with Gasteiger partial charge in [0.15, 0.2) is 6.61 Å². The number of sulfonamides is 1. The van der Waals surface area contributed by atoms with E-state index < -0.39 is 41.2 Å². The molecule has 0 radical (unpaired) electrons. The summed E-state index contributed by atoms with van der Waals surface area (Å²) in [6, 6.07) is 13.3. The van der Waals surface area contributed by atoms with Crippen LogP contribution in [0.3, 0.4) is 0 Å². The van der Waals surface area contributed by atoms with Crippen molar-refractivity contribution in [2.45, 2.75) is 18.0 Å². The van der Waals surface area contributed by atoms with Crippen LogP contribution in [0.5, 0.6) is 0 Å². The molecule has 0 atom stereocenters. The summed E-state index contributed by atoms with van der Waals surface area (Å²) in [6.07, 6.45) is -4.59. The Labute approximate surface area is 171 Å². The predicted octanol–water partition coefficient (Wildman–Crippen LogP) is 2.74. The molecule has 0 saturated heterocycles. The lowest BCUT2D eigenvalue weighted by Gasteiger charge is -2.23. The van der Waals surface area contributed by atoms with Crippen LogP contribution >= 0.6 is 0 Å². The number of halogens is 3. The average molecular weight is 444 g/mol. The van der Waals surface area contributed by atoms with Crippen molar-refractivity contribution in [2.75, 3.05) is 24.0 Å². The van der Waals surface area contributed by atoms with E-state index in [9.17, 15) is 31.2 Å². The van der Waals surface area contributed by atoms with Gasteiger partial charge in [-0.2, -0.15) is 13.2 Å². The zero-order chi connectivity index (χ0) is 22.4. The van der Waals surface area contributed by atoms with E-state index in [0.717, 1.165) is 10.4 Å². The number of nitrogens with one attached hydrogen (secondary N) is 1. The van der Waals surface area contributed by atoms with Crippen LogP contribution in [0.1, 0.15) is 17.3 Å². The number of nitrogens with zero attached hydrogens (tertiary/aromatic N) is 1. The molecule has 0 saturated carbocycles. The topological polar surface area (TPSA) is 92.8 Å². The zero-order valence-electron chi connectivity index (χ0n) is 15.8. The first-order valence-electron chi connectivity index (χ1n) is 8.73. The van der Waals surface area contributed by atoms with Gasteiger partial charge in [-0.3, -0.25) is 9.10 Å². The highest BCUT2D eigenvalue weighted by Crippen LogP contribution is 2.24. The van der Waals surface area contributed by atoms with Crippen LogP contribution in [0.25, 0.3) is 0 Å². The summed E-state index contributed by atoms with van der Waals surface area (Å²) >= 11 is 0. The van der Waals surface area contributed by atoms with Gasteiger partial charge in [-0.25, -0.2) is 13.2 Å². The second-order valence-corrected chi connectivity index (χ2v) is 7.86. The van der Waals surface area contributed by atoms with E-state index in [1.54, 1.807) is 42.6 Å². The van der Waals surface area contributed by atoms with E-state index in [1.165, 1.54) is 18.2 Å². The van der Waals surface area contributed by atoms with Crippen molar-refractivity contribution >= 4 is 27.6 Å². The lowest BCUT2D eigenvalue weighted by molar-refractivity contribution is -0.140. The summed E-state index contributed by atoms with van der Waals surface area (Å²) < 4.78 is 68.0. The number of benzene rings is 2. The second-order valence-electron chi connectivity index (χ2n) is 6.00. The van der Waals surface area contributed by atoms with Crippen molar-refractivity contribution < 1.29 is 35.9 Å². The molecule has 162 valence electrons. The fourth-order valence-electron chi connectivity index (χ4n) is 2.46. The van der Waals surface area contributed by atoms with Gasteiger partial charge in [0.2, 0.25) is 0 Å². The molecule has 7 nitrogen and oxygen atoms in total. The van der Waals surface area contributed by atoms with Crippen LogP contribution < -0.4 is 9.62 Å². The predicted molar refractivity (Wildman–Crippen MR) is 102 cm³/mol. The fourth-order valence-corrected chi connectivity index (χ4v) is 3.98. The molecule has 2 aromatic rings. The number of alkyl halides is 3. The SMILES string of the molecule is CCN(c1ccccc1)S(=O)(=O)c1cccc(C(=O)OCC(=O)NCC(F)(F)F)c1. The number of carbonyl (C=O) groups excluding carboxylic acids is 2. The van der Waals surface area contributed by atoms with Gasteiger partial charge in [0.05, 0.1) is 16.1 Å². The molecule has 0 fully saturated rings. The third-order valence-corrected chi connectivity index (χ3v) is 5.71. The van der Waals surface area contributed by atoms with Crippen molar-refractivity contribution in [1.82, 2.24) is 5.32 Å². The van der Waals surface area contributed by atoms with Gasteiger partial charge in [-0.1, -0.05) is 24.3 Å². The molecule has 11 heteroatoms. The minimum atomic E-state index is -4.59. The number of anilines is 1. The fraction of sp³-hybridized carbons (Fsp3) is 0.263. The molecule has 0 aliphatic heterocycles. The van der Waals surface area contributed by atoms with Crippen LogP contribution in [0, 0.1) is 0 Å². The van der Waals surface area contributed by atoms with Gasteiger partial charge in [0, 0.05) is 6.54 Å². The highest BCUT2D eigenvalue weighted by Gasteiger charge is 2.28. The average Bonchev–Trinajstić information content (AvgIpc) is 2.71. The van der Waals surface area contributed by atoms with Crippen LogP contribution in [0.2, 0.25) is 0 Å². The Bertz CT molecular complexity index is 995. The monoisotopic (exact) mass is 444 g/mol. The van der Waals surface area contributed by atoms with E-state index >= 15 is 0 Å². The van der Waals surface area contributed by atoms with E-state index in [4.69, 9.17) is 0 Å². The number of hydrogen-bond donors (Lipinski definition) is 1.